The maximum atomic E-state index is 13.8. The summed E-state index contributed by atoms with van der Waals surface area (Å²) in [4.78, 5) is 40.7. The smallest absolute Gasteiger partial charge is 0.262 e. The number of hydrogen-bond acceptors (Lipinski definition) is 4. The van der Waals surface area contributed by atoms with E-state index in [1.165, 1.54) is 11.3 Å². The van der Waals surface area contributed by atoms with E-state index in [1.54, 1.807) is 0 Å². The van der Waals surface area contributed by atoms with Gasteiger partial charge in [0.25, 0.3) is 5.91 Å². The molecule has 2 fully saturated rings. The maximum Gasteiger partial charge on any atom is 0.262 e. The van der Waals surface area contributed by atoms with Gasteiger partial charge in [-0.3, -0.25) is 14.4 Å². The van der Waals surface area contributed by atoms with Crippen LogP contribution in [0.4, 0.5) is 0 Å². The van der Waals surface area contributed by atoms with Crippen molar-refractivity contribution in [2.45, 2.75) is 69.0 Å². The van der Waals surface area contributed by atoms with Crippen LogP contribution >= 0.6 is 11.3 Å². The predicted molar refractivity (Wildman–Crippen MR) is 138 cm³/mol. The molecule has 2 saturated carbocycles. The van der Waals surface area contributed by atoms with E-state index in [-0.39, 0.29) is 23.8 Å². The zero-order valence-corrected chi connectivity index (χ0v) is 20.5. The highest BCUT2D eigenvalue weighted by molar-refractivity contribution is 7.20. The van der Waals surface area contributed by atoms with Crippen molar-refractivity contribution in [2.75, 3.05) is 0 Å². The van der Waals surface area contributed by atoms with Crippen LogP contribution in [0.25, 0.3) is 10.1 Å². The minimum Gasteiger partial charge on any atom is -0.352 e. The molecule has 1 atom stereocenters. The zero-order chi connectivity index (χ0) is 24.3. The fourth-order valence-corrected chi connectivity index (χ4v) is 5.78. The SMILES string of the molecule is O=C(NC1(C(=O)N[C@@H](Cc2ccccc2)C(=O)NC2CC2)CCCCC1)c1cc2ccccc2s1. The predicted octanol–water partition coefficient (Wildman–Crippen LogP) is 4.34. The molecule has 6 nitrogen and oxygen atoms in total. The first-order valence-electron chi connectivity index (χ1n) is 12.5. The molecule has 2 aliphatic rings. The number of hydrogen-bond donors (Lipinski definition) is 3. The van der Waals surface area contributed by atoms with Crippen molar-refractivity contribution in [1.29, 1.82) is 0 Å². The molecule has 5 rings (SSSR count). The molecule has 2 aliphatic carbocycles. The summed E-state index contributed by atoms with van der Waals surface area (Å²) in [6, 6.07) is 19.0. The molecule has 0 radical (unpaired) electrons. The molecule has 3 N–H and O–H groups in total. The van der Waals surface area contributed by atoms with Gasteiger partial charge in [0.05, 0.1) is 4.88 Å². The van der Waals surface area contributed by atoms with Crippen LogP contribution in [0.5, 0.6) is 0 Å². The van der Waals surface area contributed by atoms with E-state index in [2.05, 4.69) is 16.0 Å². The molecule has 1 heterocycles. The van der Waals surface area contributed by atoms with Gasteiger partial charge in [-0.1, -0.05) is 67.8 Å². The van der Waals surface area contributed by atoms with E-state index in [0.717, 1.165) is 47.8 Å². The Morgan fingerprint density at radius 2 is 1.66 bits per heavy atom. The summed E-state index contributed by atoms with van der Waals surface area (Å²) in [6.45, 7) is 0. The first-order chi connectivity index (χ1) is 17.0. The Morgan fingerprint density at radius 3 is 2.37 bits per heavy atom. The van der Waals surface area contributed by atoms with E-state index >= 15 is 0 Å². The average molecular weight is 490 g/mol. The molecule has 0 saturated heterocycles. The second kappa shape index (κ2) is 10.2. The molecule has 0 aliphatic heterocycles. The van der Waals surface area contributed by atoms with Crippen molar-refractivity contribution in [3.63, 3.8) is 0 Å². The molecular formula is C28H31N3O3S. The zero-order valence-electron chi connectivity index (χ0n) is 19.7. The van der Waals surface area contributed by atoms with Crippen LogP contribution in [-0.2, 0) is 16.0 Å². The highest BCUT2D eigenvalue weighted by Gasteiger charge is 2.43. The molecule has 0 unspecified atom stereocenters. The quantitative estimate of drug-likeness (QED) is 0.440. The second-order valence-electron chi connectivity index (χ2n) is 9.74. The Morgan fingerprint density at radius 1 is 0.943 bits per heavy atom. The molecule has 182 valence electrons. The Hall–Kier alpha value is -3.19. The lowest BCUT2D eigenvalue weighted by Crippen LogP contribution is -2.63. The molecule has 35 heavy (non-hydrogen) atoms. The number of nitrogens with one attached hydrogen (secondary N) is 3. The van der Waals surface area contributed by atoms with Gasteiger partial charge in [0, 0.05) is 17.2 Å². The van der Waals surface area contributed by atoms with Gasteiger partial charge in [-0.25, -0.2) is 0 Å². The van der Waals surface area contributed by atoms with Crippen molar-refractivity contribution < 1.29 is 14.4 Å². The van der Waals surface area contributed by atoms with Gasteiger partial charge in [0.2, 0.25) is 11.8 Å². The third-order valence-corrected chi connectivity index (χ3v) is 8.09. The number of carbonyl (C=O) groups is 3. The Balaban J connectivity index is 1.35. The Labute approximate surface area is 209 Å². The van der Waals surface area contributed by atoms with Crippen LogP contribution < -0.4 is 16.0 Å². The van der Waals surface area contributed by atoms with Crippen LogP contribution in [0, 0.1) is 0 Å². The standard InChI is InChI=1S/C28H31N3O3S/c32-25(29-21-13-14-21)22(17-19-9-3-1-4-10-19)30-27(34)28(15-7-2-8-16-28)31-26(33)24-18-20-11-5-6-12-23(20)35-24/h1,3-6,9-12,18,21-22H,2,7-8,13-17H2,(H,29,32)(H,30,34)(H,31,33)/t22-/m0/s1. The van der Waals surface area contributed by atoms with E-state index in [0.29, 0.717) is 24.1 Å². The number of amides is 3. The first kappa shape index (κ1) is 23.5. The molecule has 0 bridgehead atoms. The summed E-state index contributed by atoms with van der Waals surface area (Å²) in [6.07, 6.45) is 6.25. The topological polar surface area (TPSA) is 87.3 Å². The molecule has 0 spiro atoms. The van der Waals surface area contributed by atoms with Crippen LogP contribution in [0.3, 0.4) is 0 Å². The van der Waals surface area contributed by atoms with Gasteiger partial charge in [-0.15, -0.1) is 11.3 Å². The maximum absolute atomic E-state index is 13.8. The molecular weight excluding hydrogens is 458 g/mol. The van der Waals surface area contributed by atoms with Crippen LogP contribution in [0.2, 0.25) is 0 Å². The number of benzene rings is 2. The Bertz CT molecular complexity index is 1180. The van der Waals surface area contributed by atoms with Crippen LogP contribution in [-0.4, -0.2) is 35.3 Å². The van der Waals surface area contributed by atoms with E-state index < -0.39 is 11.6 Å². The Kier molecular flexibility index (Phi) is 6.86. The summed E-state index contributed by atoms with van der Waals surface area (Å²) < 4.78 is 1.04. The summed E-state index contributed by atoms with van der Waals surface area (Å²) in [7, 11) is 0. The van der Waals surface area contributed by atoms with Crippen molar-refractivity contribution in [3.8, 4) is 0 Å². The van der Waals surface area contributed by atoms with Gasteiger partial charge >= 0.3 is 0 Å². The summed E-state index contributed by atoms with van der Waals surface area (Å²) in [5.41, 5.74) is -0.0314. The van der Waals surface area contributed by atoms with E-state index in [9.17, 15) is 14.4 Å². The molecule has 3 amide bonds. The van der Waals surface area contributed by atoms with Gasteiger partial charge < -0.3 is 16.0 Å². The molecule has 2 aromatic carbocycles. The monoisotopic (exact) mass is 489 g/mol. The van der Waals surface area contributed by atoms with Crippen molar-refractivity contribution in [1.82, 2.24) is 16.0 Å². The number of fused-ring (bicyclic) bond motifs is 1. The van der Waals surface area contributed by atoms with Crippen molar-refractivity contribution >= 4 is 39.1 Å². The number of carbonyl (C=O) groups excluding carboxylic acids is 3. The fraction of sp³-hybridized carbons (Fsp3) is 0.393. The van der Waals surface area contributed by atoms with Gasteiger partial charge in [-0.05, 0) is 48.8 Å². The lowest BCUT2D eigenvalue weighted by atomic mass is 9.80. The minimum atomic E-state index is -1.01. The normalized spacial score (nSPS) is 17.9. The summed E-state index contributed by atoms with van der Waals surface area (Å²) in [5, 5.41) is 10.2. The van der Waals surface area contributed by atoms with E-state index in [1.807, 2.05) is 60.7 Å². The molecule has 1 aromatic heterocycles. The third kappa shape index (κ3) is 5.56. The third-order valence-electron chi connectivity index (χ3n) is 6.97. The first-order valence-corrected chi connectivity index (χ1v) is 13.3. The summed E-state index contributed by atoms with van der Waals surface area (Å²) in [5.74, 6) is -0.657. The second-order valence-corrected chi connectivity index (χ2v) is 10.8. The largest absolute Gasteiger partial charge is 0.352 e. The lowest BCUT2D eigenvalue weighted by Gasteiger charge is -2.37. The minimum absolute atomic E-state index is 0.161. The highest BCUT2D eigenvalue weighted by atomic mass is 32.1. The van der Waals surface area contributed by atoms with E-state index in [4.69, 9.17) is 0 Å². The van der Waals surface area contributed by atoms with Crippen LogP contribution in [0.15, 0.2) is 60.7 Å². The number of rotatable bonds is 8. The fourth-order valence-electron chi connectivity index (χ4n) is 4.82. The number of thiophene rings is 1. The highest BCUT2D eigenvalue weighted by Crippen LogP contribution is 2.31. The summed E-state index contributed by atoms with van der Waals surface area (Å²) >= 11 is 1.43. The van der Waals surface area contributed by atoms with Gasteiger partial charge in [0.1, 0.15) is 11.6 Å². The van der Waals surface area contributed by atoms with Crippen molar-refractivity contribution in [3.05, 3.63) is 71.1 Å². The molecule has 7 heteroatoms. The lowest BCUT2D eigenvalue weighted by molar-refractivity contribution is -0.133. The van der Waals surface area contributed by atoms with Crippen LogP contribution in [0.1, 0.15) is 60.2 Å². The average Bonchev–Trinajstić information content (AvgIpc) is 3.58. The van der Waals surface area contributed by atoms with Gasteiger partial charge in [-0.2, -0.15) is 0 Å². The van der Waals surface area contributed by atoms with Gasteiger partial charge in [0.15, 0.2) is 0 Å². The van der Waals surface area contributed by atoms with Crippen molar-refractivity contribution in [2.24, 2.45) is 0 Å². The molecule has 3 aromatic rings.